The third kappa shape index (κ3) is 3.35. The molecule has 1 heterocycles. The van der Waals surface area contributed by atoms with E-state index in [2.05, 4.69) is 20.1 Å². The molecule has 6 nitrogen and oxygen atoms in total. The topological polar surface area (TPSA) is 76.5 Å². The molecule has 2 aromatic rings. The molecule has 0 spiro atoms. The molecule has 0 saturated heterocycles. The van der Waals surface area contributed by atoms with Crippen LogP contribution in [0.5, 0.6) is 5.75 Å². The predicted molar refractivity (Wildman–Crippen MR) is 72.7 cm³/mol. The summed E-state index contributed by atoms with van der Waals surface area (Å²) in [5.74, 6) is 0.421. The molecule has 98 valence electrons. The van der Waals surface area contributed by atoms with Gasteiger partial charge in [0.25, 0.3) is 5.91 Å². The summed E-state index contributed by atoms with van der Waals surface area (Å²) in [6.45, 7) is 1.73. The van der Waals surface area contributed by atoms with Crippen LogP contribution in [0.25, 0.3) is 0 Å². The van der Waals surface area contributed by atoms with E-state index in [1.54, 1.807) is 20.2 Å². The lowest BCUT2D eigenvalue weighted by atomic mass is 10.2. The lowest BCUT2D eigenvalue weighted by molar-refractivity contribution is 0.0958. The van der Waals surface area contributed by atoms with Crippen LogP contribution in [0.1, 0.15) is 20.9 Å². The standard InChI is InChI=1S/C12H12N4O2S/c1-8-11(19-16-14-8)12(17)15-13-7-9-4-3-5-10(6-9)18-2/h3-7H,1-2H3,(H,15,17)/b13-7+. The van der Waals surface area contributed by atoms with E-state index in [4.69, 9.17) is 4.74 Å². The van der Waals surface area contributed by atoms with Crippen LogP contribution in [0.15, 0.2) is 29.4 Å². The molecule has 0 aliphatic rings. The number of nitrogens with zero attached hydrogens (tertiary/aromatic N) is 3. The molecule has 1 aromatic heterocycles. The molecule has 1 N–H and O–H groups in total. The van der Waals surface area contributed by atoms with Crippen LogP contribution in [0.4, 0.5) is 0 Å². The van der Waals surface area contributed by atoms with Gasteiger partial charge < -0.3 is 4.74 Å². The molecule has 0 fully saturated rings. The summed E-state index contributed by atoms with van der Waals surface area (Å²) in [5.41, 5.74) is 3.86. The number of ether oxygens (including phenoxy) is 1. The molecule has 7 heteroatoms. The maximum absolute atomic E-state index is 11.7. The Balaban J connectivity index is 2.00. The third-order valence-electron chi connectivity index (χ3n) is 2.33. The minimum atomic E-state index is -0.313. The maximum Gasteiger partial charge on any atom is 0.285 e. The lowest BCUT2D eigenvalue weighted by Crippen LogP contribution is -2.17. The van der Waals surface area contributed by atoms with E-state index in [0.717, 1.165) is 22.8 Å². The van der Waals surface area contributed by atoms with Crippen molar-refractivity contribution in [1.82, 2.24) is 15.0 Å². The van der Waals surface area contributed by atoms with Crippen molar-refractivity contribution in [2.75, 3.05) is 7.11 Å². The third-order valence-corrected chi connectivity index (χ3v) is 3.16. The first-order chi connectivity index (χ1) is 9.20. The highest BCUT2D eigenvalue weighted by atomic mass is 32.1. The van der Waals surface area contributed by atoms with Gasteiger partial charge in [0.15, 0.2) is 0 Å². The molecule has 0 aliphatic carbocycles. The highest BCUT2D eigenvalue weighted by Crippen LogP contribution is 2.11. The molecule has 0 radical (unpaired) electrons. The predicted octanol–water partition coefficient (Wildman–Crippen LogP) is 1.62. The second-order valence-corrected chi connectivity index (χ2v) is 4.42. The quantitative estimate of drug-likeness (QED) is 0.680. The molecular weight excluding hydrogens is 264 g/mol. The van der Waals surface area contributed by atoms with Gasteiger partial charge in [0.05, 0.1) is 19.0 Å². The molecule has 0 atom stereocenters. The number of carbonyl (C=O) groups is 1. The van der Waals surface area contributed by atoms with Crippen LogP contribution >= 0.6 is 11.5 Å². The first-order valence-corrected chi connectivity index (χ1v) is 6.24. The summed E-state index contributed by atoms with van der Waals surface area (Å²) in [6, 6.07) is 7.36. The fraction of sp³-hybridized carbons (Fsp3) is 0.167. The Morgan fingerprint density at radius 1 is 1.53 bits per heavy atom. The number of hydrogen-bond donors (Lipinski definition) is 1. The molecule has 1 aromatic carbocycles. The fourth-order valence-electron chi connectivity index (χ4n) is 1.38. The van der Waals surface area contributed by atoms with Gasteiger partial charge >= 0.3 is 0 Å². The van der Waals surface area contributed by atoms with E-state index >= 15 is 0 Å². The molecular formula is C12H12N4O2S. The Morgan fingerprint density at radius 2 is 2.37 bits per heavy atom. The zero-order valence-electron chi connectivity index (χ0n) is 10.5. The van der Waals surface area contributed by atoms with Crippen molar-refractivity contribution in [3.63, 3.8) is 0 Å². The van der Waals surface area contributed by atoms with Gasteiger partial charge in [-0.1, -0.05) is 16.6 Å². The van der Waals surface area contributed by atoms with Gasteiger partial charge in [-0.2, -0.15) is 5.10 Å². The van der Waals surface area contributed by atoms with Crippen LogP contribution in [0, 0.1) is 6.92 Å². The van der Waals surface area contributed by atoms with Gasteiger partial charge in [0.1, 0.15) is 10.6 Å². The van der Waals surface area contributed by atoms with E-state index in [-0.39, 0.29) is 5.91 Å². The number of amides is 1. The van der Waals surface area contributed by atoms with Gasteiger partial charge in [-0.25, -0.2) is 5.43 Å². The van der Waals surface area contributed by atoms with Gasteiger partial charge in [-0.15, -0.1) is 5.10 Å². The van der Waals surface area contributed by atoms with Crippen molar-refractivity contribution in [3.8, 4) is 5.75 Å². The lowest BCUT2D eigenvalue weighted by Gasteiger charge is -2.00. The van der Waals surface area contributed by atoms with Crippen molar-refractivity contribution >= 4 is 23.7 Å². The molecule has 0 bridgehead atoms. The van der Waals surface area contributed by atoms with E-state index in [1.165, 1.54) is 0 Å². The normalized spacial score (nSPS) is 10.6. The summed E-state index contributed by atoms with van der Waals surface area (Å²) >= 11 is 1.04. The Kier molecular flexibility index (Phi) is 4.19. The van der Waals surface area contributed by atoms with Crippen molar-refractivity contribution in [1.29, 1.82) is 0 Å². The Hall–Kier alpha value is -2.28. The smallest absolute Gasteiger partial charge is 0.285 e. The average Bonchev–Trinajstić information content (AvgIpc) is 2.85. The second kappa shape index (κ2) is 6.05. The number of hydrazone groups is 1. The van der Waals surface area contributed by atoms with E-state index in [9.17, 15) is 4.79 Å². The van der Waals surface area contributed by atoms with Gasteiger partial charge in [-0.05, 0) is 36.2 Å². The van der Waals surface area contributed by atoms with Crippen LogP contribution in [0.3, 0.4) is 0 Å². The maximum atomic E-state index is 11.7. The van der Waals surface area contributed by atoms with Gasteiger partial charge in [0, 0.05) is 0 Å². The highest BCUT2D eigenvalue weighted by Gasteiger charge is 2.11. The summed E-state index contributed by atoms with van der Waals surface area (Å²) < 4.78 is 8.79. The number of aromatic nitrogens is 2. The Labute approximate surface area is 114 Å². The number of aryl methyl sites for hydroxylation is 1. The molecule has 0 saturated carbocycles. The van der Waals surface area contributed by atoms with E-state index in [1.807, 2.05) is 24.3 Å². The minimum absolute atomic E-state index is 0.313. The number of methoxy groups -OCH3 is 1. The second-order valence-electron chi connectivity index (χ2n) is 3.66. The number of rotatable bonds is 4. The van der Waals surface area contributed by atoms with Crippen LogP contribution in [-0.4, -0.2) is 28.8 Å². The number of benzene rings is 1. The van der Waals surface area contributed by atoms with E-state index < -0.39 is 0 Å². The molecule has 2 rings (SSSR count). The largest absolute Gasteiger partial charge is 0.497 e. The first-order valence-electron chi connectivity index (χ1n) is 5.47. The molecule has 19 heavy (non-hydrogen) atoms. The highest BCUT2D eigenvalue weighted by molar-refractivity contribution is 7.07. The average molecular weight is 276 g/mol. The van der Waals surface area contributed by atoms with Crippen molar-refractivity contribution in [2.45, 2.75) is 6.92 Å². The minimum Gasteiger partial charge on any atom is -0.497 e. The number of nitrogens with one attached hydrogen (secondary N) is 1. The zero-order valence-corrected chi connectivity index (χ0v) is 11.3. The fourth-order valence-corrected chi connectivity index (χ4v) is 1.92. The molecule has 0 aliphatic heterocycles. The van der Waals surface area contributed by atoms with Gasteiger partial charge in [0.2, 0.25) is 0 Å². The van der Waals surface area contributed by atoms with Crippen LogP contribution in [0.2, 0.25) is 0 Å². The summed E-state index contributed by atoms with van der Waals surface area (Å²) in [5, 5.41) is 7.65. The number of carbonyl (C=O) groups excluding carboxylic acids is 1. The summed E-state index contributed by atoms with van der Waals surface area (Å²) in [6.07, 6.45) is 1.55. The number of hydrogen-bond acceptors (Lipinski definition) is 6. The first kappa shape index (κ1) is 13.2. The van der Waals surface area contributed by atoms with Crippen molar-refractivity contribution in [3.05, 3.63) is 40.4 Å². The Bertz CT molecular complexity index is 609. The Morgan fingerprint density at radius 3 is 3.05 bits per heavy atom. The van der Waals surface area contributed by atoms with Gasteiger partial charge in [-0.3, -0.25) is 4.79 Å². The summed E-state index contributed by atoms with van der Waals surface area (Å²) in [4.78, 5) is 12.2. The zero-order chi connectivity index (χ0) is 13.7. The van der Waals surface area contributed by atoms with E-state index in [0.29, 0.717) is 10.6 Å². The monoisotopic (exact) mass is 276 g/mol. The molecule has 0 unspecified atom stereocenters. The van der Waals surface area contributed by atoms with Crippen molar-refractivity contribution < 1.29 is 9.53 Å². The van der Waals surface area contributed by atoms with Crippen molar-refractivity contribution in [2.24, 2.45) is 5.10 Å². The molecule has 1 amide bonds. The van der Waals surface area contributed by atoms with Crippen LogP contribution in [-0.2, 0) is 0 Å². The summed E-state index contributed by atoms with van der Waals surface area (Å²) in [7, 11) is 1.59. The SMILES string of the molecule is COc1cccc(/C=N/NC(=O)c2snnc2C)c1. The van der Waals surface area contributed by atoms with Crippen LogP contribution < -0.4 is 10.2 Å².